The molecule has 0 aliphatic rings. The normalized spacial score (nSPS) is 11.0. The molecule has 25 heavy (non-hydrogen) atoms. The molecule has 0 bridgehead atoms. The fourth-order valence-electron chi connectivity index (χ4n) is 2.74. The van der Waals surface area contributed by atoms with Crippen LogP contribution in [0.1, 0.15) is 0 Å². The highest BCUT2D eigenvalue weighted by Gasteiger charge is 2.13. The van der Waals surface area contributed by atoms with Gasteiger partial charge in [0.2, 0.25) is 0 Å². The quantitative estimate of drug-likeness (QED) is 0.377. The summed E-state index contributed by atoms with van der Waals surface area (Å²) in [5.74, 6) is 0.432. The van der Waals surface area contributed by atoms with Crippen LogP contribution in [0.3, 0.4) is 0 Å². The predicted molar refractivity (Wildman–Crippen MR) is 113 cm³/mol. The fraction of sp³-hybridized carbons (Fsp3) is 0. The molecule has 0 spiro atoms. The Morgan fingerprint density at radius 2 is 1.72 bits per heavy atom. The second-order valence-electron chi connectivity index (χ2n) is 5.53. The Bertz CT molecular complexity index is 1080. The van der Waals surface area contributed by atoms with Crippen LogP contribution in [0.4, 0.5) is 5.82 Å². The third-order valence-electron chi connectivity index (χ3n) is 3.91. The number of nitrogens with zero attached hydrogens (tertiary/aromatic N) is 3. The molecule has 122 valence electrons. The van der Waals surface area contributed by atoms with Crippen molar-refractivity contribution in [2.75, 3.05) is 5.73 Å². The Balaban J connectivity index is 2.03. The van der Waals surface area contributed by atoms with Gasteiger partial charge in [-0.25, -0.2) is 15.0 Å². The van der Waals surface area contributed by atoms with Crippen LogP contribution >= 0.6 is 38.5 Å². The van der Waals surface area contributed by atoms with E-state index in [2.05, 4.69) is 78.8 Å². The number of nitrogen functional groups attached to an aromatic ring is 1. The van der Waals surface area contributed by atoms with E-state index < -0.39 is 0 Å². The minimum Gasteiger partial charge on any atom is -0.383 e. The molecule has 0 aliphatic carbocycles. The monoisotopic (exact) mass is 502 g/mol. The van der Waals surface area contributed by atoms with Gasteiger partial charge >= 0.3 is 0 Å². The number of hydrogen-bond donors (Lipinski definition) is 1. The van der Waals surface area contributed by atoms with Crippen molar-refractivity contribution in [1.82, 2.24) is 15.0 Å². The molecule has 4 rings (SSSR count). The van der Waals surface area contributed by atoms with Crippen molar-refractivity contribution in [1.29, 1.82) is 0 Å². The molecule has 2 aromatic carbocycles. The Kier molecular flexibility index (Phi) is 4.39. The van der Waals surface area contributed by atoms with Gasteiger partial charge in [-0.15, -0.1) is 0 Å². The highest BCUT2D eigenvalue weighted by atomic mass is 127. The maximum absolute atomic E-state index is 6.14. The number of benzene rings is 2. The van der Waals surface area contributed by atoms with Gasteiger partial charge in [0.25, 0.3) is 0 Å². The van der Waals surface area contributed by atoms with E-state index in [1.54, 1.807) is 0 Å². The largest absolute Gasteiger partial charge is 0.383 e. The number of aromatic nitrogens is 3. The van der Waals surface area contributed by atoms with Crippen molar-refractivity contribution in [3.63, 3.8) is 0 Å². The van der Waals surface area contributed by atoms with Gasteiger partial charge in [0.05, 0.1) is 11.1 Å². The van der Waals surface area contributed by atoms with E-state index in [4.69, 9.17) is 10.7 Å². The first-order chi connectivity index (χ1) is 12.1. The molecule has 4 nitrogen and oxygen atoms in total. The van der Waals surface area contributed by atoms with E-state index in [1.165, 1.54) is 9.90 Å². The van der Waals surface area contributed by atoms with Crippen molar-refractivity contribution in [3.05, 3.63) is 69.0 Å². The van der Waals surface area contributed by atoms with E-state index in [1.807, 2.05) is 24.3 Å². The van der Waals surface area contributed by atoms with Crippen LogP contribution in [0.2, 0.25) is 0 Å². The Labute approximate surface area is 166 Å². The Morgan fingerprint density at radius 3 is 2.48 bits per heavy atom. The molecule has 0 fully saturated rings. The van der Waals surface area contributed by atoms with E-state index in [-0.39, 0.29) is 0 Å². The summed E-state index contributed by atoms with van der Waals surface area (Å²) in [6, 6.07) is 18.4. The van der Waals surface area contributed by atoms with Crippen molar-refractivity contribution < 1.29 is 0 Å². The molecule has 0 saturated carbocycles. The zero-order chi connectivity index (χ0) is 17.4. The average molecular weight is 503 g/mol. The maximum Gasteiger partial charge on any atom is 0.165 e. The molecule has 0 saturated heterocycles. The second-order valence-corrected chi connectivity index (χ2v) is 7.69. The summed E-state index contributed by atoms with van der Waals surface area (Å²) >= 11 is 5.83. The standard InChI is InChI=1S/C19H12BrIN4/c20-13-3-1-2-12(8-13)15-9-16(11-4-6-14(21)7-5-11)25-19-17(15)18(22)23-10-24-19/h1-10H,(H2,22,23,24,25). The summed E-state index contributed by atoms with van der Waals surface area (Å²) in [7, 11) is 0. The highest BCUT2D eigenvalue weighted by molar-refractivity contribution is 14.1. The zero-order valence-corrected chi connectivity index (χ0v) is 16.7. The number of nitrogens with two attached hydrogens (primary N) is 1. The van der Waals surface area contributed by atoms with E-state index in [9.17, 15) is 0 Å². The van der Waals surface area contributed by atoms with Gasteiger partial charge in [0, 0.05) is 13.6 Å². The summed E-state index contributed by atoms with van der Waals surface area (Å²) < 4.78 is 2.18. The minimum absolute atomic E-state index is 0.432. The van der Waals surface area contributed by atoms with Crippen LogP contribution < -0.4 is 5.73 Å². The summed E-state index contributed by atoms with van der Waals surface area (Å²) in [6.07, 6.45) is 1.45. The number of anilines is 1. The van der Waals surface area contributed by atoms with Gasteiger partial charge in [-0.05, 0) is 64.0 Å². The predicted octanol–water partition coefficient (Wildman–Crippen LogP) is 5.31. The molecule has 6 heteroatoms. The molecule has 0 atom stereocenters. The smallest absolute Gasteiger partial charge is 0.165 e. The van der Waals surface area contributed by atoms with Crippen LogP contribution in [0, 0.1) is 3.57 Å². The number of hydrogen-bond acceptors (Lipinski definition) is 4. The van der Waals surface area contributed by atoms with Crippen LogP contribution in [0.15, 0.2) is 65.4 Å². The van der Waals surface area contributed by atoms with Crippen molar-refractivity contribution >= 4 is 55.4 Å². The molecule has 0 aliphatic heterocycles. The third kappa shape index (κ3) is 3.23. The van der Waals surface area contributed by atoms with Crippen molar-refractivity contribution in [2.24, 2.45) is 0 Å². The van der Waals surface area contributed by atoms with Crippen LogP contribution in [0.5, 0.6) is 0 Å². The third-order valence-corrected chi connectivity index (χ3v) is 5.12. The average Bonchev–Trinajstić information content (AvgIpc) is 2.61. The van der Waals surface area contributed by atoms with Gasteiger partial charge < -0.3 is 5.73 Å². The van der Waals surface area contributed by atoms with Gasteiger partial charge in [-0.2, -0.15) is 0 Å². The van der Waals surface area contributed by atoms with E-state index >= 15 is 0 Å². The van der Waals surface area contributed by atoms with Gasteiger partial charge in [0.1, 0.15) is 12.1 Å². The lowest BCUT2D eigenvalue weighted by atomic mass is 10.00. The lowest BCUT2D eigenvalue weighted by molar-refractivity contribution is 1.19. The molecular weight excluding hydrogens is 491 g/mol. The summed E-state index contributed by atoms with van der Waals surface area (Å²) in [6.45, 7) is 0. The Hall–Kier alpha value is -2.06. The highest BCUT2D eigenvalue weighted by Crippen LogP contribution is 2.34. The molecule has 2 aromatic heterocycles. The number of halogens is 2. The first-order valence-electron chi connectivity index (χ1n) is 7.55. The van der Waals surface area contributed by atoms with E-state index in [0.717, 1.165) is 32.2 Å². The SMILES string of the molecule is Nc1ncnc2nc(-c3ccc(I)cc3)cc(-c3cccc(Br)c3)c12. The minimum atomic E-state index is 0.432. The summed E-state index contributed by atoms with van der Waals surface area (Å²) in [4.78, 5) is 13.2. The first-order valence-corrected chi connectivity index (χ1v) is 9.42. The topological polar surface area (TPSA) is 64.7 Å². The molecular formula is C19H12BrIN4. The van der Waals surface area contributed by atoms with Crippen LogP contribution in [0.25, 0.3) is 33.4 Å². The first kappa shape index (κ1) is 16.4. The molecule has 4 aromatic rings. The van der Waals surface area contributed by atoms with Crippen molar-refractivity contribution in [3.8, 4) is 22.4 Å². The number of rotatable bonds is 2. The van der Waals surface area contributed by atoms with Gasteiger partial charge in [-0.3, -0.25) is 0 Å². The van der Waals surface area contributed by atoms with Gasteiger partial charge in [-0.1, -0.05) is 40.2 Å². The van der Waals surface area contributed by atoms with E-state index in [0.29, 0.717) is 11.5 Å². The van der Waals surface area contributed by atoms with Gasteiger partial charge in [0.15, 0.2) is 5.65 Å². The summed E-state index contributed by atoms with van der Waals surface area (Å²) in [5.41, 5.74) is 10.6. The molecule has 0 unspecified atom stereocenters. The lowest BCUT2D eigenvalue weighted by Gasteiger charge is -2.11. The summed E-state index contributed by atoms with van der Waals surface area (Å²) in [5, 5.41) is 0.773. The molecule has 2 N–H and O–H groups in total. The lowest BCUT2D eigenvalue weighted by Crippen LogP contribution is -1.98. The zero-order valence-electron chi connectivity index (χ0n) is 12.9. The van der Waals surface area contributed by atoms with Crippen LogP contribution in [-0.2, 0) is 0 Å². The number of fused-ring (bicyclic) bond motifs is 1. The van der Waals surface area contributed by atoms with Crippen LogP contribution in [-0.4, -0.2) is 15.0 Å². The molecule has 0 amide bonds. The molecule has 2 heterocycles. The number of pyridine rings is 1. The molecule has 0 radical (unpaired) electrons. The fourth-order valence-corrected chi connectivity index (χ4v) is 3.50. The van der Waals surface area contributed by atoms with Crippen molar-refractivity contribution in [2.45, 2.75) is 0 Å². The second kappa shape index (κ2) is 6.68. The maximum atomic E-state index is 6.14. The Morgan fingerprint density at radius 1 is 0.920 bits per heavy atom.